The number of hydrogen-bond acceptors (Lipinski definition) is 0. The van der Waals surface area contributed by atoms with Gasteiger partial charge in [-0.15, -0.1) is 0 Å². The van der Waals surface area contributed by atoms with E-state index in [2.05, 4.69) is 168 Å². The van der Waals surface area contributed by atoms with E-state index in [1.807, 2.05) is 0 Å². The molecule has 0 amide bonds. The van der Waals surface area contributed by atoms with Gasteiger partial charge in [0.05, 0.1) is 0 Å². The molecular formula is C34H25Br. The molecule has 0 aliphatic carbocycles. The highest BCUT2D eigenvalue weighted by molar-refractivity contribution is 9.10. The molecule has 0 aliphatic heterocycles. The molecule has 0 saturated heterocycles. The molecule has 0 atom stereocenters. The van der Waals surface area contributed by atoms with E-state index in [4.69, 9.17) is 0 Å². The molecule has 0 N–H and O–H groups in total. The van der Waals surface area contributed by atoms with Gasteiger partial charge in [-0.1, -0.05) is 149 Å². The highest BCUT2D eigenvalue weighted by Crippen LogP contribution is 2.31. The third-order valence-corrected chi connectivity index (χ3v) is 6.66. The van der Waals surface area contributed by atoms with Gasteiger partial charge in [0.15, 0.2) is 0 Å². The molecule has 5 rings (SSSR count). The fourth-order valence-electron chi connectivity index (χ4n) is 4.21. The molecule has 0 nitrogen and oxygen atoms in total. The highest BCUT2D eigenvalue weighted by atomic mass is 79.9. The smallest absolute Gasteiger partial charge is 0.0253 e. The maximum atomic E-state index is 3.85. The minimum Gasteiger partial charge on any atom is -0.0622 e. The SMILES string of the molecule is Brc1cc(C=C(c2ccccc2)c2ccccc2)ccc1C=C(c1ccccc1)c1ccccc1. The quantitative estimate of drug-likeness (QED) is 0.198. The molecule has 0 radical (unpaired) electrons. The molecule has 0 heterocycles. The van der Waals surface area contributed by atoms with Gasteiger partial charge in [0.2, 0.25) is 0 Å². The molecule has 0 saturated carbocycles. The Bertz CT molecular complexity index is 1370. The maximum Gasteiger partial charge on any atom is 0.0253 e. The van der Waals surface area contributed by atoms with Gasteiger partial charge in [-0.2, -0.15) is 0 Å². The average Bonchev–Trinajstić information content (AvgIpc) is 2.93. The van der Waals surface area contributed by atoms with Crippen molar-refractivity contribution in [3.05, 3.63) is 177 Å². The van der Waals surface area contributed by atoms with E-state index >= 15 is 0 Å². The second-order valence-electron chi connectivity index (χ2n) is 8.36. The molecule has 0 bridgehead atoms. The summed E-state index contributed by atoms with van der Waals surface area (Å²) >= 11 is 3.85. The maximum absolute atomic E-state index is 3.85. The van der Waals surface area contributed by atoms with Gasteiger partial charge in [-0.05, 0) is 62.7 Å². The van der Waals surface area contributed by atoms with Crippen LogP contribution in [0.5, 0.6) is 0 Å². The Labute approximate surface area is 216 Å². The van der Waals surface area contributed by atoms with Gasteiger partial charge < -0.3 is 0 Å². The monoisotopic (exact) mass is 512 g/mol. The van der Waals surface area contributed by atoms with Gasteiger partial charge in [0.1, 0.15) is 0 Å². The minimum absolute atomic E-state index is 1.07. The average molecular weight is 513 g/mol. The van der Waals surface area contributed by atoms with Gasteiger partial charge >= 0.3 is 0 Å². The second kappa shape index (κ2) is 11.0. The Morgan fingerprint density at radius 2 is 0.800 bits per heavy atom. The predicted octanol–water partition coefficient (Wildman–Crippen LogP) is 9.63. The summed E-state index contributed by atoms with van der Waals surface area (Å²) in [4.78, 5) is 0. The number of halogens is 1. The van der Waals surface area contributed by atoms with Crippen LogP contribution in [0.25, 0.3) is 23.3 Å². The summed E-state index contributed by atoms with van der Waals surface area (Å²) < 4.78 is 1.07. The van der Waals surface area contributed by atoms with Crippen LogP contribution in [-0.2, 0) is 0 Å². The number of hydrogen-bond donors (Lipinski definition) is 0. The second-order valence-corrected chi connectivity index (χ2v) is 9.22. The summed E-state index contributed by atoms with van der Waals surface area (Å²) in [6.07, 6.45) is 4.52. The summed E-state index contributed by atoms with van der Waals surface area (Å²) in [7, 11) is 0. The van der Waals surface area contributed by atoms with Gasteiger partial charge in [0, 0.05) is 4.47 Å². The lowest BCUT2D eigenvalue weighted by atomic mass is 9.94. The van der Waals surface area contributed by atoms with Crippen LogP contribution in [0.1, 0.15) is 33.4 Å². The van der Waals surface area contributed by atoms with Crippen molar-refractivity contribution in [3.8, 4) is 0 Å². The van der Waals surface area contributed by atoms with Crippen molar-refractivity contribution < 1.29 is 0 Å². The molecule has 5 aromatic rings. The molecule has 168 valence electrons. The van der Waals surface area contributed by atoms with E-state index in [1.165, 1.54) is 33.4 Å². The van der Waals surface area contributed by atoms with Crippen molar-refractivity contribution in [3.63, 3.8) is 0 Å². The Morgan fingerprint density at radius 1 is 0.429 bits per heavy atom. The fraction of sp³-hybridized carbons (Fsp3) is 0. The first-order chi connectivity index (χ1) is 17.3. The van der Waals surface area contributed by atoms with Crippen molar-refractivity contribution in [2.24, 2.45) is 0 Å². The molecular weight excluding hydrogens is 488 g/mol. The van der Waals surface area contributed by atoms with Crippen molar-refractivity contribution >= 4 is 39.2 Å². The summed E-state index contributed by atoms with van der Waals surface area (Å²) in [6.45, 7) is 0. The molecule has 0 aliphatic rings. The van der Waals surface area contributed by atoms with E-state index in [9.17, 15) is 0 Å². The molecule has 1 heteroatoms. The Hall–Kier alpha value is -3.94. The Kier molecular flexibility index (Phi) is 7.17. The normalized spacial score (nSPS) is 10.4. The molecule has 5 aromatic carbocycles. The lowest BCUT2D eigenvalue weighted by molar-refractivity contribution is 1.52. The zero-order valence-electron chi connectivity index (χ0n) is 19.3. The van der Waals surface area contributed by atoms with E-state index in [1.54, 1.807) is 0 Å². The zero-order chi connectivity index (χ0) is 23.9. The topological polar surface area (TPSA) is 0 Å². The lowest BCUT2D eigenvalue weighted by Crippen LogP contribution is -1.90. The lowest BCUT2D eigenvalue weighted by Gasteiger charge is -2.11. The summed E-state index contributed by atoms with van der Waals surface area (Å²) in [5.41, 5.74) is 9.50. The zero-order valence-corrected chi connectivity index (χ0v) is 20.9. The van der Waals surface area contributed by atoms with Crippen molar-refractivity contribution in [2.75, 3.05) is 0 Å². The van der Waals surface area contributed by atoms with Gasteiger partial charge in [-0.3, -0.25) is 0 Å². The van der Waals surface area contributed by atoms with Crippen molar-refractivity contribution in [2.45, 2.75) is 0 Å². The predicted molar refractivity (Wildman–Crippen MR) is 154 cm³/mol. The van der Waals surface area contributed by atoms with Crippen LogP contribution < -0.4 is 0 Å². The van der Waals surface area contributed by atoms with Crippen molar-refractivity contribution in [1.82, 2.24) is 0 Å². The van der Waals surface area contributed by atoms with Gasteiger partial charge in [0.25, 0.3) is 0 Å². The molecule has 35 heavy (non-hydrogen) atoms. The first-order valence-corrected chi connectivity index (χ1v) is 12.5. The Morgan fingerprint density at radius 3 is 1.17 bits per heavy atom. The number of rotatable bonds is 6. The van der Waals surface area contributed by atoms with Gasteiger partial charge in [-0.25, -0.2) is 0 Å². The van der Waals surface area contributed by atoms with E-state index < -0.39 is 0 Å². The van der Waals surface area contributed by atoms with Crippen LogP contribution in [0.15, 0.2) is 144 Å². The molecule has 0 aromatic heterocycles. The minimum atomic E-state index is 1.07. The first-order valence-electron chi connectivity index (χ1n) is 11.7. The summed E-state index contributed by atoms with van der Waals surface area (Å²) in [6, 6.07) is 48.8. The summed E-state index contributed by atoms with van der Waals surface area (Å²) in [5, 5.41) is 0. The third kappa shape index (κ3) is 5.59. The molecule has 0 spiro atoms. The van der Waals surface area contributed by atoms with Crippen LogP contribution in [0.4, 0.5) is 0 Å². The molecule has 0 fully saturated rings. The third-order valence-electron chi connectivity index (χ3n) is 5.97. The van der Waals surface area contributed by atoms with Crippen LogP contribution in [0, 0.1) is 0 Å². The van der Waals surface area contributed by atoms with Crippen LogP contribution in [0.2, 0.25) is 0 Å². The van der Waals surface area contributed by atoms with Crippen LogP contribution >= 0.6 is 15.9 Å². The van der Waals surface area contributed by atoms with Crippen molar-refractivity contribution in [1.29, 1.82) is 0 Å². The van der Waals surface area contributed by atoms with E-state index in [0.717, 1.165) is 15.6 Å². The first kappa shape index (κ1) is 22.8. The standard InChI is InChI=1S/C34H25Br/c35-34-24-26(23-32(27-13-5-1-6-14-27)28-15-7-2-8-16-28)21-22-31(34)25-33(29-17-9-3-10-18-29)30-19-11-4-12-20-30/h1-25H. The number of benzene rings is 5. The Balaban J connectivity index is 1.57. The van der Waals surface area contributed by atoms with E-state index in [0.29, 0.717) is 0 Å². The fourth-order valence-corrected chi connectivity index (χ4v) is 4.72. The largest absolute Gasteiger partial charge is 0.0622 e. The van der Waals surface area contributed by atoms with Crippen LogP contribution in [-0.4, -0.2) is 0 Å². The van der Waals surface area contributed by atoms with Crippen LogP contribution in [0.3, 0.4) is 0 Å². The summed E-state index contributed by atoms with van der Waals surface area (Å²) in [5.74, 6) is 0. The van der Waals surface area contributed by atoms with E-state index in [-0.39, 0.29) is 0 Å². The highest BCUT2D eigenvalue weighted by Gasteiger charge is 2.09. The molecule has 0 unspecified atom stereocenters.